The third-order valence-corrected chi connectivity index (χ3v) is 2.02. The molecule has 0 amide bonds. The van der Waals surface area contributed by atoms with E-state index in [2.05, 4.69) is 6.08 Å². The van der Waals surface area contributed by atoms with Crippen LogP contribution in [0.3, 0.4) is 0 Å². The Kier molecular flexibility index (Phi) is 2.04. The highest BCUT2D eigenvalue weighted by atomic mass is 16.6. The summed E-state index contributed by atoms with van der Waals surface area (Å²) in [4.78, 5) is 0. The van der Waals surface area contributed by atoms with Gasteiger partial charge in [0.2, 0.25) is 0 Å². The first kappa shape index (κ1) is 7.68. The topological polar surface area (TPSA) is 38.7 Å². The Morgan fingerprint density at radius 2 is 2.50 bits per heavy atom. The van der Waals surface area contributed by atoms with Crippen molar-refractivity contribution in [1.29, 1.82) is 0 Å². The summed E-state index contributed by atoms with van der Waals surface area (Å²) < 4.78 is 10.9. The van der Waals surface area contributed by atoms with Gasteiger partial charge >= 0.3 is 0 Å². The number of ether oxygens (including phenoxy) is 2. The molecular formula is C9H12O3. The minimum atomic E-state index is -0.188. The Bertz CT molecular complexity index is 230. The van der Waals surface area contributed by atoms with Gasteiger partial charge in [-0.05, 0) is 12.5 Å². The molecular weight excluding hydrogens is 156 g/mol. The molecule has 0 aromatic heterocycles. The van der Waals surface area contributed by atoms with E-state index in [0.717, 1.165) is 24.4 Å². The predicted octanol–water partition coefficient (Wildman–Crippen LogP) is 0.956. The molecule has 0 unspecified atom stereocenters. The van der Waals surface area contributed by atoms with Crippen LogP contribution in [0.2, 0.25) is 0 Å². The van der Waals surface area contributed by atoms with E-state index in [4.69, 9.17) is 14.6 Å². The molecule has 1 aliphatic carbocycles. The minimum absolute atomic E-state index is 0.0185. The molecule has 0 saturated heterocycles. The van der Waals surface area contributed by atoms with Crippen molar-refractivity contribution in [1.82, 2.24) is 0 Å². The van der Waals surface area contributed by atoms with Crippen molar-refractivity contribution in [3.05, 3.63) is 23.7 Å². The van der Waals surface area contributed by atoms with Crippen LogP contribution in [0, 0.1) is 0 Å². The number of aliphatic hydroxyl groups excluding tert-OH is 1. The Hall–Kier alpha value is -0.960. The molecule has 0 fully saturated rings. The summed E-state index contributed by atoms with van der Waals surface area (Å²) in [5.74, 6) is 1.73. The summed E-state index contributed by atoms with van der Waals surface area (Å²) in [6.45, 7) is 0.494. The first-order valence-electron chi connectivity index (χ1n) is 4.20. The van der Waals surface area contributed by atoms with Gasteiger partial charge in [-0.25, -0.2) is 0 Å². The summed E-state index contributed by atoms with van der Waals surface area (Å²) >= 11 is 0. The van der Waals surface area contributed by atoms with Gasteiger partial charge in [0.25, 0.3) is 0 Å². The molecule has 3 nitrogen and oxygen atoms in total. The molecule has 12 heavy (non-hydrogen) atoms. The van der Waals surface area contributed by atoms with Crippen LogP contribution < -0.4 is 0 Å². The second-order valence-electron chi connectivity index (χ2n) is 2.96. The fourth-order valence-electron chi connectivity index (χ4n) is 1.37. The van der Waals surface area contributed by atoms with E-state index >= 15 is 0 Å². The third-order valence-electron chi connectivity index (χ3n) is 2.02. The van der Waals surface area contributed by atoms with Crippen molar-refractivity contribution < 1.29 is 14.6 Å². The molecule has 3 heteroatoms. The van der Waals surface area contributed by atoms with Gasteiger partial charge in [-0.3, -0.25) is 0 Å². The zero-order valence-electron chi connectivity index (χ0n) is 6.82. The molecule has 2 aliphatic rings. The molecule has 1 N–H and O–H groups in total. The molecule has 66 valence electrons. The maximum atomic E-state index is 8.83. The summed E-state index contributed by atoms with van der Waals surface area (Å²) in [7, 11) is 0. The molecule has 0 radical (unpaired) electrons. The van der Waals surface area contributed by atoms with Crippen molar-refractivity contribution in [2.45, 2.75) is 18.9 Å². The quantitative estimate of drug-likeness (QED) is 0.633. The lowest BCUT2D eigenvalue weighted by molar-refractivity contribution is -0.0290. The van der Waals surface area contributed by atoms with E-state index in [1.165, 1.54) is 0 Å². The van der Waals surface area contributed by atoms with E-state index < -0.39 is 0 Å². The summed E-state index contributed by atoms with van der Waals surface area (Å²) in [6.07, 6.45) is 5.73. The number of rotatable bonds is 1. The van der Waals surface area contributed by atoms with Gasteiger partial charge in [-0.2, -0.15) is 0 Å². The second kappa shape index (κ2) is 3.19. The van der Waals surface area contributed by atoms with Crippen LogP contribution in [0.5, 0.6) is 0 Å². The molecule has 1 atom stereocenters. The Labute approximate surface area is 71.3 Å². The van der Waals surface area contributed by atoms with Gasteiger partial charge in [-0.1, -0.05) is 6.08 Å². The van der Waals surface area contributed by atoms with Crippen molar-refractivity contribution in [3.8, 4) is 0 Å². The Morgan fingerprint density at radius 3 is 3.33 bits per heavy atom. The van der Waals surface area contributed by atoms with Gasteiger partial charge in [0.15, 0.2) is 11.9 Å². The zero-order chi connectivity index (χ0) is 8.39. The third kappa shape index (κ3) is 1.32. The number of aliphatic hydroxyl groups is 1. The van der Waals surface area contributed by atoms with Gasteiger partial charge in [-0.15, -0.1) is 0 Å². The normalized spacial score (nSPS) is 27.6. The van der Waals surface area contributed by atoms with Crippen LogP contribution in [-0.2, 0) is 9.47 Å². The molecule has 0 aromatic carbocycles. The van der Waals surface area contributed by atoms with Crippen LogP contribution in [0.25, 0.3) is 0 Å². The first-order chi connectivity index (χ1) is 5.90. The van der Waals surface area contributed by atoms with Crippen LogP contribution in [0.4, 0.5) is 0 Å². The largest absolute Gasteiger partial charge is 0.490 e. The van der Waals surface area contributed by atoms with Crippen molar-refractivity contribution in [2.75, 3.05) is 13.2 Å². The van der Waals surface area contributed by atoms with Crippen LogP contribution >= 0.6 is 0 Å². The van der Waals surface area contributed by atoms with Crippen LogP contribution in [0.1, 0.15) is 12.8 Å². The lowest BCUT2D eigenvalue weighted by Crippen LogP contribution is -2.28. The van der Waals surface area contributed by atoms with E-state index in [9.17, 15) is 0 Å². The second-order valence-corrected chi connectivity index (χ2v) is 2.96. The zero-order valence-corrected chi connectivity index (χ0v) is 6.82. The molecule has 2 rings (SSSR count). The fourth-order valence-corrected chi connectivity index (χ4v) is 1.37. The predicted molar refractivity (Wildman–Crippen MR) is 43.3 cm³/mol. The highest BCUT2D eigenvalue weighted by Crippen LogP contribution is 2.25. The number of hydrogen-bond donors (Lipinski definition) is 1. The number of allylic oxidation sites excluding steroid dienone is 3. The summed E-state index contributed by atoms with van der Waals surface area (Å²) in [5.41, 5.74) is 0. The first-order valence-corrected chi connectivity index (χ1v) is 4.20. The Morgan fingerprint density at radius 1 is 1.58 bits per heavy atom. The molecule has 0 saturated carbocycles. The standard InChI is InChI=1S/C9H12O3/c10-5-7-6-11-8-3-1-2-4-9(8)12-7/h2,4,7,10H,1,3,5-6H2/t7-/m1/s1. The van der Waals surface area contributed by atoms with E-state index in [-0.39, 0.29) is 12.7 Å². The van der Waals surface area contributed by atoms with Crippen LogP contribution in [0.15, 0.2) is 23.7 Å². The van der Waals surface area contributed by atoms with Gasteiger partial charge in [0.05, 0.1) is 6.61 Å². The van der Waals surface area contributed by atoms with E-state index in [1.54, 1.807) is 0 Å². The average Bonchev–Trinajstić information content (AvgIpc) is 2.17. The molecule has 0 spiro atoms. The lowest BCUT2D eigenvalue weighted by atomic mass is 10.1. The maximum Gasteiger partial charge on any atom is 0.157 e. The highest BCUT2D eigenvalue weighted by Gasteiger charge is 2.22. The van der Waals surface area contributed by atoms with Gasteiger partial charge in [0.1, 0.15) is 12.4 Å². The maximum absolute atomic E-state index is 8.83. The molecule has 0 bridgehead atoms. The van der Waals surface area contributed by atoms with E-state index in [1.807, 2.05) is 6.08 Å². The smallest absolute Gasteiger partial charge is 0.157 e. The van der Waals surface area contributed by atoms with Gasteiger partial charge < -0.3 is 14.6 Å². The van der Waals surface area contributed by atoms with E-state index in [0.29, 0.717) is 6.61 Å². The molecule has 1 aliphatic heterocycles. The average molecular weight is 168 g/mol. The summed E-state index contributed by atoms with van der Waals surface area (Å²) in [5, 5.41) is 8.83. The monoisotopic (exact) mass is 168 g/mol. The SMILES string of the molecule is OC[C@@H]1COC2=C(C=CCC2)O1. The van der Waals surface area contributed by atoms with Crippen molar-refractivity contribution >= 4 is 0 Å². The summed E-state index contributed by atoms with van der Waals surface area (Å²) in [6, 6.07) is 0. The van der Waals surface area contributed by atoms with Crippen molar-refractivity contribution in [3.63, 3.8) is 0 Å². The minimum Gasteiger partial charge on any atom is -0.490 e. The highest BCUT2D eigenvalue weighted by molar-refractivity contribution is 5.22. The lowest BCUT2D eigenvalue weighted by Gasteiger charge is -2.27. The Balaban J connectivity index is 2.11. The van der Waals surface area contributed by atoms with Crippen molar-refractivity contribution in [2.24, 2.45) is 0 Å². The molecule has 0 aromatic rings. The van der Waals surface area contributed by atoms with Crippen LogP contribution in [-0.4, -0.2) is 24.4 Å². The fraction of sp³-hybridized carbons (Fsp3) is 0.556. The number of hydrogen-bond acceptors (Lipinski definition) is 3. The van der Waals surface area contributed by atoms with Gasteiger partial charge in [0, 0.05) is 6.42 Å². The molecule has 1 heterocycles.